The van der Waals surface area contributed by atoms with Gasteiger partial charge in [0.05, 0.1) is 24.7 Å². The first-order valence-corrected chi connectivity index (χ1v) is 10.7. The second-order valence-corrected chi connectivity index (χ2v) is 7.51. The Morgan fingerprint density at radius 3 is 2.47 bits per heavy atom. The molecule has 5 aromatic rings. The van der Waals surface area contributed by atoms with E-state index in [0.29, 0.717) is 13.2 Å². The first-order valence-electron chi connectivity index (χ1n) is 10.7. The van der Waals surface area contributed by atoms with Gasteiger partial charge in [0.25, 0.3) is 0 Å². The van der Waals surface area contributed by atoms with Crippen molar-refractivity contribution in [3.05, 3.63) is 102 Å². The van der Waals surface area contributed by atoms with E-state index in [1.165, 1.54) is 5.39 Å². The molecule has 32 heavy (non-hydrogen) atoms. The van der Waals surface area contributed by atoms with E-state index >= 15 is 0 Å². The van der Waals surface area contributed by atoms with Crippen LogP contribution in [0.5, 0.6) is 11.5 Å². The molecule has 0 radical (unpaired) electrons. The smallest absolute Gasteiger partial charge is 0.133 e. The molecule has 0 atom stereocenters. The Hall–Kier alpha value is -4.05. The van der Waals surface area contributed by atoms with Crippen LogP contribution >= 0.6 is 0 Å². The highest BCUT2D eigenvalue weighted by atomic mass is 16.5. The molecule has 0 aliphatic carbocycles. The summed E-state index contributed by atoms with van der Waals surface area (Å²) in [5.41, 5.74) is 3.08. The number of aromatic nitrogens is 2. The maximum absolute atomic E-state index is 6.20. The van der Waals surface area contributed by atoms with Crippen LogP contribution in [0, 0.1) is 0 Å². The van der Waals surface area contributed by atoms with Crippen LogP contribution in [0.3, 0.4) is 0 Å². The number of hydrogen-bond donors (Lipinski definition) is 0. The van der Waals surface area contributed by atoms with Crippen LogP contribution in [0.25, 0.3) is 34.0 Å². The largest absolute Gasteiger partial charge is 0.496 e. The Balaban J connectivity index is 1.42. The Morgan fingerprint density at radius 1 is 0.781 bits per heavy atom. The lowest BCUT2D eigenvalue weighted by atomic mass is 10.1. The molecule has 4 heteroatoms. The summed E-state index contributed by atoms with van der Waals surface area (Å²) in [6, 6.07) is 30.6. The van der Waals surface area contributed by atoms with Gasteiger partial charge in [-0.05, 0) is 41.8 Å². The van der Waals surface area contributed by atoms with E-state index in [1.807, 2.05) is 78.9 Å². The van der Waals surface area contributed by atoms with Gasteiger partial charge in [-0.2, -0.15) is 0 Å². The van der Waals surface area contributed by atoms with Gasteiger partial charge in [-0.25, -0.2) is 4.98 Å². The van der Waals surface area contributed by atoms with Gasteiger partial charge < -0.3 is 14.0 Å². The second-order valence-electron chi connectivity index (χ2n) is 7.51. The van der Waals surface area contributed by atoms with Crippen molar-refractivity contribution in [1.82, 2.24) is 9.55 Å². The number of methoxy groups -OCH3 is 1. The second kappa shape index (κ2) is 8.98. The van der Waals surface area contributed by atoms with Crippen LogP contribution in [0.1, 0.15) is 11.4 Å². The summed E-state index contributed by atoms with van der Waals surface area (Å²) in [5.74, 6) is 2.63. The van der Waals surface area contributed by atoms with Crippen molar-refractivity contribution >= 4 is 34.0 Å². The molecule has 0 amide bonds. The predicted octanol–water partition coefficient (Wildman–Crippen LogP) is 6.45. The number of nitrogens with zero attached hydrogens (tertiary/aromatic N) is 2. The first-order chi connectivity index (χ1) is 15.8. The molecular weight excluding hydrogens is 396 g/mol. The van der Waals surface area contributed by atoms with Gasteiger partial charge in [-0.3, -0.25) is 0 Å². The third kappa shape index (κ3) is 3.95. The van der Waals surface area contributed by atoms with E-state index in [4.69, 9.17) is 14.5 Å². The summed E-state index contributed by atoms with van der Waals surface area (Å²) in [5, 5.41) is 2.31. The van der Waals surface area contributed by atoms with Crippen LogP contribution in [0.4, 0.5) is 0 Å². The minimum atomic E-state index is 0.545. The van der Waals surface area contributed by atoms with Gasteiger partial charge in [0.1, 0.15) is 23.9 Å². The topological polar surface area (TPSA) is 36.3 Å². The molecule has 0 aliphatic rings. The lowest BCUT2D eigenvalue weighted by Gasteiger charge is -2.11. The summed E-state index contributed by atoms with van der Waals surface area (Å²) in [6.07, 6.45) is 4.08. The van der Waals surface area contributed by atoms with Crippen molar-refractivity contribution in [2.24, 2.45) is 0 Å². The number of ether oxygens (including phenoxy) is 2. The zero-order valence-electron chi connectivity index (χ0n) is 17.9. The highest BCUT2D eigenvalue weighted by Crippen LogP contribution is 2.26. The number of benzene rings is 4. The molecule has 0 aliphatic heterocycles. The lowest BCUT2D eigenvalue weighted by Crippen LogP contribution is -2.09. The number of para-hydroxylation sites is 3. The molecule has 1 aromatic heterocycles. The zero-order valence-corrected chi connectivity index (χ0v) is 17.9. The maximum Gasteiger partial charge on any atom is 0.133 e. The maximum atomic E-state index is 6.20. The normalized spacial score (nSPS) is 11.4. The van der Waals surface area contributed by atoms with E-state index in [2.05, 4.69) is 28.8 Å². The molecule has 0 unspecified atom stereocenters. The third-order valence-corrected chi connectivity index (χ3v) is 5.56. The summed E-state index contributed by atoms with van der Waals surface area (Å²) in [7, 11) is 1.69. The standard InChI is InChI=1S/C28H24N2O2/c1-31-26-15-7-3-10-22(26)17-18-28-29-24-13-5-6-14-25(24)30(28)19-20-32-27-16-8-11-21-9-2-4-12-23(21)27/h2-18H,19-20H2,1H3/b18-17+. The molecule has 0 saturated heterocycles. The molecule has 5 rings (SSSR count). The molecule has 0 bridgehead atoms. The number of rotatable bonds is 7. The van der Waals surface area contributed by atoms with Crippen LogP contribution < -0.4 is 9.47 Å². The Labute approximate surface area is 187 Å². The van der Waals surface area contributed by atoms with Crippen LogP contribution in [0.15, 0.2) is 91.0 Å². The summed E-state index contributed by atoms with van der Waals surface area (Å²) in [4.78, 5) is 4.84. The fraction of sp³-hybridized carbons (Fsp3) is 0.107. The number of fused-ring (bicyclic) bond motifs is 2. The molecule has 0 fully saturated rings. The van der Waals surface area contributed by atoms with E-state index in [9.17, 15) is 0 Å². The number of hydrogen-bond acceptors (Lipinski definition) is 3. The fourth-order valence-corrected chi connectivity index (χ4v) is 3.99. The highest BCUT2D eigenvalue weighted by Gasteiger charge is 2.09. The summed E-state index contributed by atoms with van der Waals surface area (Å²) < 4.78 is 13.9. The van der Waals surface area contributed by atoms with E-state index in [1.54, 1.807) is 7.11 Å². The van der Waals surface area contributed by atoms with Gasteiger partial charge in [-0.1, -0.05) is 66.7 Å². The predicted molar refractivity (Wildman–Crippen MR) is 131 cm³/mol. The molecule has 0 spiro atoms. The Morgan fingerprint density at radius 2 is 1.53 bits per heavy atom. The monoisotopic (exact) mass is 420 g/mol. The lowest BCUT2D eigenvalue weighted by molar-refractivity contribution is 0.303. The average Bonchev–Trinajstić information content (AvgIpc) is 3.20. The van der Waals surface area contributed by atoms with Crippen LogP contribution in [-0.4, -0.2) is 23.3 Å². The minimum absolute atomic E-state index is 0.545. The summed E-state index contributed by atoms with van der Waals surface area (Å²) in [6.45, 7) is 1.24. The first kappa shape index (κ1) is 19.9. The van der Waals surface area contributed by atoms with Crippen molar-refractivity contribution in [2.45, 2.75) is 6.54 Å². The van der Waals surface area contributed by atoms with Crippen molar-refractivity contribution in [2.75, 3.05) is 13.7 Å². The molecule has 158 valence electrons. The summed E-state index contributed by atoms with van der Waals surface area (Å²) >= 11 is 0. The molecular formula is C28H24N2O2. The van der Waals surface area contributed by atoms with E-state index in [-0.39, 0.29) is 0 Å². The molecule has 4 nitrogen and oxygen atoms in total. The third-order valence-electron chi connectivity index (χ3n) is 5.56. The van der Waals surface area contributed by atoms with Crippen LogP contribution in [-0.2, 0) is 6.54 Å². The zero-order chi connectivity index (χ0) is 21.8. The molecule has 4 aromatic carbocycles. The average molecular weight is 421 g/mol. The van der Waals surface area contributed by atoms with Crippen molar-refractivity contribution in [1.29, 1.82) is 0 Å². The van der Waals surface area contributed by atoms with Crippen LogP contribution in [0.2, 0.25) is 0 Å². The van der Waals surface area contributed by atoms with Gasteiger partial charge >= 0.3 is 0 Å². The quantitative estimate of drug-likeness (QED) is 0.304. The fourth-order valence-electron chi connectivity index (χ4n) is 3.99. The molecule has 0 saturated carbocycles. The highest BCUT2D eigenvalue weighted by molar-refractivity contribution is 5.88. The van der Waals surface area contributed by atoms with Gasteiger partial charge in [0.15, 0.2) is 0 Å². The SMILES string of the molecule is COc1ccccc1/C=C/c1nc2ccccc2n1CCOc1cccc2ccccc12. The van der Waals surface area contributed by atoms with Crippen molar-refractivity contribution < 1.29 is 9.47 Å². The Kier molecular flexibility index (Phi) is 5.58. The van der Waals surface area contributed by atoms with Crippen molar-refractivity contribution in [3.8, 4) is 11.5 Å². The molecule has 0 N–H and O–H groups in total. The van der Waals surface area contributed by atoms with Gasteiger partial charge in [-0.15, -0.1) is 0 Å². The minimum Gasteiger partial charge on any atom is -0.496 e. The number of imidazole rings is 1. The van der Waals surface area contributed by atoms with Gasteiger partial charge in [0, 0.05) is 10.9 Å². The van der Waals surface area contributed by atoms with Gasteiger partial charge in [0.2, 0.25) is 0 Å². The molecule has 1 heterocycles. The van der Waals surface area contributed by atoms with E-state index < -0.39 is 0 Å². The Bertz CT molecular complexity index is 1400. The van der Waals surface area contributed by atoms with Crippen molar-refractivity contribution in [3.63, 3.8) is 0 Å². The van der Waals surface area contributed by atoms with E-state index in [0.717, 1.165) is 39.3 Å².